The molecule has 0 aliphatic carbocycles. The van der Waals surface area contributed by atoms with Gasteiger partial charge in [-0.2, -0.15) is 0 Å². The second-order valence-corrected chi connectivity index (χ2v) is 5.02. The zero-order valence-corrected chi connectivity index (χ0v) is 11.7. The first-order valence-electron chi connectivity index (χ1n) is 6.70. The van der Waals surface area contributed by atoms with Gasteiger partial charge < -0.3 is 14.7 Å². The Bertz CT molecular complexity index is 314. The van der Waals surface area contributed by atoms with Crippen LogP contribution >= 0.6 is 0 Å². The molecule has 3 nitrogen and oxygen atoms in total. The van der Waals surface area contributed by atoms with Crippen molar-refractivity contribution in [2.45, 2.75) is 26.9 Å². The highest BCUT2D eigenvalue weighted by Gasteiger charge is 2.12. The molecule has 0 aromatic heterocycles. The van der Waals surface area contributed by atoms with Crippen LogP contribution in [0.1, 0.15) is 20.8 Å². The minimum atomic E-state index is -0.441. The molecule has 0 heterocycles. The Morgan fingerprint density at radius 1 is 1.17 bits per heavy atom. The molecule has 1 rings (SSSR count). The fourth-order valence-corrected chi connectivity index (χ4v) is 1.91. The molecule has 0 aliphatic heterocycles. The van der Waals surface area contributed by atoms with Gasteiger partial charge in [0, 0.05) is 13.1 Å². The third-order valence-electron chi connectivity index (χ3n) is 2.73. The average Bonchev–Trinajstić information content (AvgIpc) is 2.36. The lowest BCUT2D eigenvalue weighted by molar-refractivity contribution is 0.0662. The Morgan fingerprint density at radius 3 is 2.39 bits per heavy atom. The van der Waals surface area contributed by atoms with Gasteiger partial charge in [0.25, 0.3) is 0 Å². The SMILES string of the molecule is CCN(CC(C)C)CC(O)COc1ccccc1. The average molecular weight is 251 g/mol. The summed E-state index contributed by atoms with van der Waals surface area (Å²) in [5, 5.41) is 9.96. The van der Waals surface area contributed by atoms with Gasteiger partial charge in [0.15, 0.2) is 0 Å². The summed E-state index contributed by atoms with van der Waals surface area (Å²) in [6, 6.07) is 9.61. The maximum Gasteiger partial charge on any atom is 0.119 e. The zero-order valence-electron chi connectivity index (χ0n) is 11.7. The molecule has 1 N–H and O–H groups in total. The van der Waals surface area contributed by atoms with Crippen LogP contribution < -0.4 is 4.74 Å². The number of likely N-dealkylation sites (N-methyl/N-ethyl adjacent to an activating group) is 1. The van der Waals surface area contributed by atoms with Gasteiger partial charge in [-0.3, -0.25) is 0 Å². The van der Waals surface area contributed by atoms with Crippen molar-refractivity contribution in [3.05, 3.63) is 30.3 Å². The fraction of sp³-hybridized carbons (Fsp3) is 0.600. The molecule has 0 saturated carbocycles. The van der Waals surface area contributed by atoms with Crippen LogP contribution in [0.25, 0.3) is 0 Å². The maximum absolute atomic E-state index is 9.96. The molecule has 0 fully saturated rings. The number of ether oxygens (including phenoxy) is 1. The molecular formula is C15H25NO2. The Labute approximate surface area is 110 Å². The van der Waals surface area contributed by atoms with Gasteiger partial charge in [-0.05, 0) is 24.6 Å². The van der Waals surface area contributed by atoms with Gasteiger partial charge in [-0.25, -0.2) is 0 Å². The van der Waals surface area contributed by atoms with E-state index in [0.29, 0.717) is 19.1 Å². The summed E-state index contributed by atoms with van der Waals surface area (Å²) in [6.45, 7) is 9.48. The molecule has 18 heavy (non-hydrogen) atoms. The molecule has 102 valence electrons. The van der Waals surface area contributed by atoms with Gasteiger partial charge in [-0.1, -0.05) is 39.0 Å². The lowest BCUT2D eigenvalue weighted by Crippen LogP contribution is -2.37. The number of hydrogen-bond donors (Lipinski definition) is 1. The first-order valence-corrected chi connectivity index (χ1v) is 6.70. The number of rotatable bonds is 8. The number of aliphatic hydroxyl groups excluding tert-OH is 1. The molecule has 1 aromatic carbocycles. The van der Waals surface area contributed by atoms with Crippen LogP contribution in [0.3, 0.4) is 0 Å². The first kappa shape index (κ1) is 15.0. The Balaban J connectivity index is 2.30. The summed E-state index contributed by atoms with van der Waals surface area (Å²) < 4.78 is 5.54. The van der Waals surface area contributed by atoms with Crippen molar-refractivity contribution in [2.75, 3.05) is 26.2 Å². The van der Waals surface area contributed by atoms with Crippen LogP contribution in [0.15, 0.2) is 30.3 Å². The molecule has 0 amide bonds. The number of aliphatic hydroxyl groups is 1. The minimum absolute atomic E-state index is 0.346. The fourth-order valence-electron chi connectivity index (χ4n) is 1.91. The van der Waals surface area contributed by atoms with E-state index in [9.17, 15) is 5.11 Å². The maximum atomic E-state index is 9.96. The van der Waals surface area contributed by atoms with Crippen LogP contribution in [0.2, 0.25) is 0 Å². The van der Waals surface area contributed by atoms with Crippen LogP contribution in [0, 0.1) is 5.92 Å². The molecule has 0 aliphatic rings. The molecule has 1 atom stereocenters. The smallest absolute Gasteiger partial charge is 0.119 e. The predicted molar refractivity (Wildman–Crippen MR) is 74.9 cm³/mol. The third-order valence-corrected chi connectivity index (χ3v) is 2.73. The van der Waals surface area contributed by atoms with E-state index < -0.39 is 6.10 Å². The largest absolute Gasteiger partial charge is 0.491 e. The summed E-state index contributed by atoms with van der Waals surface area (Å²) >= 11 is 0. The Kier molecular flexibility index (Phi) is 6.76. The van der Waals surface area contributed by atoms with Crippen LogP contribution in [-0.2, 0) is 0 Å². The third kappa shape index (κ3) is 6.03. The summed E-state index contributed by atoms with van der Waals surface area (Å²) in [5.41, 5.74) is 0. The highest BCUT2D eigenvalue weighted by atomic mass is 16.5. The van der Waals surface area contributed by atoms with E-state index in [2.05, 4.69) is 25.7 Å². The quantitative estimate of drug-likeness (QED) is 0.770. The molecule has 0 spiro atoms. The number of nitrogens with zero attached hydrogens (tertiary/aromatic N) is 1. The number of hydrogen-bond acceptors (Lipinski definition) is 3. The first-order chi connectivity index (χ1) is 8.61. The lowest BCUT2D eigenvalue weighted by atomic mass is 10.2. The van der Waals surface area contributed by atoms with Crippen molar-refractivity contribution >= 4 is 0 Å². The number of benzene rings is 1. The minimum Gasteiger partial charge on any atom is -0.491 e. The molecule has 1 unspecified atom stereocenters. The van der Waals surface area contributed by atoms with Crippen molar-refractivity contribution in [2.24, 2.45) is 5.92 Å². The predicted octanol–water partition coefficient (Wildman–Crippen LogP) is 2.40. The van der Waals surface area contributed by atoms with E-state index in [1.54, 1.807) is 0 Å². The summed E-state index contributed by atoms with van der Waals surface area (Å²) in [5.74, 6) is 1.43. The van der Waals surface area contributed by atoms with Gasteiger partial charge in [0.1, 0.15) is 18.5 Å². The van der Waals surface area contributed by atoms with E-state index >= 15 is 0 Å². The van der Waals surface area contributed by atoms with Gasteiger partial charge in [0.05, 0.1) is 0 Å². The van der Waals surface area contributed by atoms with E-state index in [1.165, 1.54) is 0 Å². The highest BCUT2D eigenvalue weighted by Crippen LogP contribution is 2.09. The molecule has 0 radical (unpaired) electrons. The van der Waals surface area contributed by atoms with Gasteiger partial charge in [0.2, 0.25) is 0 Å². The standard InChI is InChI=1S/C15H25NO2/c1-4-16(10-13(2)3)11-14(17)12-18-15-8-6-5-7-9-15/h5-9,13-14,17H,4,10-12H2,1-3H3. The summed E-state index contributed by atoms with van der Waals surface area (Å²) in [6.07, 6.45) is -0.441. The normalized spacial score (nSPS) is 13.0. The van der Waals surface area contributed by atoms with Crippen molar-refractivity contribution in [3.63, 3.8) is 0 Å². The van der Waals surface area contributed by atoms with Crippen molar-refractivity contribution in [1.82, 2.24) is 4.90 Å². The Morgan fingerprint density at radius 2 is 1.83 bits per heavy atom. The van der Waals surface area contributed by atoms with E-state index in [0.717, 1.165) is 18.8 Å². The molecule has 1 aromatic rings. The number of para-hydroxylation sites is 1. The van der Waals surface area contributed by atoms with Crippen molar-refractivity contribution < 1.29 is 9.84 Å². The summed E-state index contributed by atoms with van der Waals surface area (Å²) in [4.78, 5) is 2.25. The Hall–Kier alpha value is -1.06. The van der Waals surface area contributed by atoms with E-state index in [4.69, 9.17) is 4.74 Å². The molecule has 3 heteroatoms. The highest BCUT2D eigenvalue weighted by molar-refractivity contribution is 5.20. The second-order valence-electron chi connectivity index (χ2n) is 5.02. The topological polar surface area (TPSA) is 32.7 Å². The van der Waals surface area contributed by atoms with Crippen LogP contribution in [0.4, 0.5) is 0 Å². The molecular weight excluding hydrogens is 226 g/mol. The molecule has 0 saturated heterocycles. The summed E-state index contributed by atoms with van der Waals surface area (Å²) in [7, 11) is 0. The second kappa shape index (κ2) is 8.11. The van der Waals surface area contributed by atoms with Crippen molar-refractivity contribution in [3.8, 4) is 5.75 Å². The zero-order chi connectivity index (χ0) is 13.4. The van der Waals surface area contributed by atoms with E-state index in [-0.39, 0.29) is 0 Å². The van der Waals surface area contributed by atoms with Crippen LogP contribution in [0.5, 0.6) is 5.75 Å². The lowest BCUT2D eigenvalue weighted by Gasteiger charge is -2.25. The van der Waals surface area contributed by atoms with Crippen LogP contribution in [-0.4, -0.2) is 42.4 Å². The van der Waals surface area contributed by atoms with E-state index in [1.807, 2.05) is 30.3 Å². The monoisotopic (exact) mass is 251 g/mol. The van der Waals surface area contributed by atoms with Crippen molar-refractivity contribution in [1.29, 1.82) is 0 Å². The molecule has 0 bridgehead atoms. The van der Waals surface area contributed by atoms with Gasteiger partial charge in [-0.15, -0.1) is 0 Å². The van der Waals surface area contributed by atoms with Gasteiger partial charge >= 0.3 is 0 Å².